The average molecular weight is 305 g/mol. The number of carbonyl (C=O) groups excluding carboxylic acids is 1. The van der Waals surface area contributed by atoms with E-state index in [-0.39, 0.29) is 23.7 Å². The van der Waals surface area contributed by atoms with Gasteiger partial charge in [0, 0.05) is 19.3 Å². The lowest BCUT2D eigenvalue weighted by Gasteiger charge is -2.14. The van der Waals surface area contributed by atoms with Crippen LogP contribution in [0.4, 0.5) is 14.9 Å². The van der Waals surface area contributed by atoms with Crippen molar-refractivity contribution in [3.05, 3.63) is 29.0 Å². The van der Waals surface area contributed by atoms with Crippen molar-refractivity contribution in [3.63, 3.8) is 0 Å². The fraction of sp³-hybridized carbons (Fsp3) is 0.333. The molecule has 0 aliphatic rings. The first-order chi connectivity index (χ1) is 9.42. The number of anilines is 1. The lowest BCUT2D eigenvalue weighted by Crippen LogP contribution is -2.37. The van der Waals surface area contributed by atoms with E-state index in [2.05, 4.69) is 10.6 Å². The van der Waals surface area contributed by atoms with Gasteiger partial charge in [-0.2, -0.15) is 0 Å². The standard InChI is InChI=1S/C12H14ClFN2O4/c1-20-8(5-11(17)18)6-15-12(19)16-7-2-3-9(13)10(14)4-7/h2-4,8H,5-6H2,1H3,(H,17,18)(H2,15,16,19). The van der Waals surface area contributed by atoms with Crippen LogP contribution in [0.3, 0.4) is 0 Å². The van der Waals surface area contributed by atoms with Crippen LogP contribution in [-0.2, 0) is 9.53 Å². The number of benzene rings is 1. The van der Waals surface area contributed by atoms with Crippen molar-refractivity contribution in [2.24, 2.45) is 0 Å². The van der Waals surface area contributed by atoms with Gasteiger partial charge in [0.05, 0.1) is 17.5 Å². The SMILES string of the molecule is COC(CNC(=O)Nc1ccc(Cl)c(F)c1)CC(=O)O. The molecule has 0 bridgehead atoms. The molecule has 0 aliphatic carbocycles. The largest absolute Gasteiger partial charge is 0.481 e. The Balaban J connectivity index is 2.46. The molecule has 20 heavy (non-hydrogen) atoms. The maximum atomic E-state index is 13.2. The number of hydrogen-bond acceptors (Lipinski definition) is 3. The second-order valence-corrected chi connectivity index (χ2v) is 4.33. The molecule has 0 radical (unpaired) electrons. The van der Waals surface area contributed by atoms with Crippen molar-refractivity contribution < 1.29 is 23.8 Å². The average Bonchev–Trinajstić information content (AvgIpc) is 2.38. The smallest absolute Gasteiger partial charge is 0.319 e. The quantitative estimate of drug-likeness (QED) is 0.751. The van der Waals surface area contributed by atoms with Gasteiger partial charge in [0.1, 0.15) is 5.82 Å². The first-order valence-corrected chi connectivity index (χ1v) is 6.04. The highest BCUT2D eigenvalue weighted by Crippen LogP contribution is 2.18. The summed E-state index contributed by atoms with van der Waals surface area (Å²) in [6.07, 6.45) is -0.869. The molecule has 110 valence electrons. The van der Waals surface area contributed by atoms with Gasteiger partial charge >= 0.3 is 12.0 Å². The van der Waals surface area contributed by atoms with Crippen molar-refractivity contribution in [1.29, 1.82) is 0 Å². The van der Waals surface area contributed by atoms with E-state index >= 15 is 0 Å². The van der Waals surface area contributed by atoms with Crippen molar-refractivity contribution in [1.82, 2.24) is 5.32 Å². The van der Waals surface area contributed by atoms with Crippen LogP contribution in [0.2, 0.25) is 5.02 Å². The number of ether oxygens (including phenoxy) is 1. The third-order valence-electron chi connectivity index (χ3n) is 2.40. The Labute approximate surface area is 119 Å². The molecule has 1 aromatic rings. The Hall–Kier alpha value is -1.86. The van der Waals surface area contributed by atoms with Crippen LogP contribution in [0.25, 0.3) is 0 Å². The fourth-order valence-corrected chi connectivity index (χ4v) is 1.51. The molecule has 1 rings (SSSR count). The molecule has 0 aromatic heterocycles. The maximum absolute atomic E-state index is 13.2. The van der Waals surface area contributed by atoms with Crippen LogP contribution in [0.1, 0.15) is 6.42 Å². The lowest BCUT2D eigenvalue weighted by atomic mass is 10.2. The van der Waals surface area contributed by atoms with Gasteiger partial charge < -0.3 is 20.5 Å². The van der Waals surface area contributed by atoms with Gasteiger partial charge in [0.2, 0.25) is 0 Å². The second kappa shape index (κ2) is 7.66. The van der Waals surface area contributed by atoms with Gasteiger partial charge in [-0.05, 0) is 18.2 Å². The van der Waals surface area contributed by atoms with Crippen molar-refractivity contribution >= 4 is 29.3 Å². The minimum atomic E-state index is -1.03. The van der Waals surface area contributed by atoms with Crippen LogP contribution in [0.5, 0.6) is 0 Å². The normalized spacial score (nSPS) is 11.8. The minimum absolute atomic E-state index is 0.0186. The van der Waals surface area contributed by atoms with E-state index in [1.165, 1.54) is 19.2 Å². The second-order valence-electron chi connectivity index (χ2n) is 3.92. The molecule has 8 heteroatoms. The van der Waals surface area contributed by atoms with E-state index in [0.29, 0.717) is 0 Å². The van der Waals surface area contributed by atoms with Gasteiger partial charge in [-0.25, -0.2) is 9.18 Å². The number of rotatable bonds is 6. The Kier molecular flexibility index (Phi) is 6.20. The number of carboxylic acid groups (broad SMARTS) is 1. The van der Waals surface area contributed by atoms with E-state index in [1.807, 2.05) is 0 Å². The minimum Gasteiger partial charge on any atom is -0.481 e. The summed E-state index contributed by atoms with van der Waals surface area (Å²) in [5.41, 5.74) is 0.233. The number of urea groups is 1. The summed E-state index contributed by atoms with van der Waals surface area (Å²) in [6, 6.07) is 3.23. The van der Waals surface area contributed by atoms with Gasteiger partial charge in [-0.15, -0.1) is 0 Å². The maximum Gasteiger partial charge on any atom is 0.319 e. The summed E-state index contributed by atoms with van der Waals surface area (Å²) in [6.45, 7) is 0.0186. The molecule has 2 amide bonds. The first-order valence-electron chi connectivity index (χ1n) is 5.67. The predicted molar refractivity (Wildman–Crippen MR) is 71.5 cm³/mol. The monoisotopic (exact) mass is 304 g/mol. The number of nitrogens with one attached hydrogen (secondary N) is 2. The van der Waals surface area contributed by atoms with E-state index < -0.39 is 23.9 Å². The molecule has 0 heterocycles. The highest BCUT2D eigenvalue weighted by Gasteiger charge is 2.13. The van der Waals surface area contributed by atoms with Crippen LogP contribution in [0.15, 0.2) is 18.2 Å². The molecular formula is C12H14ClFN2O4. The zero-order valence-electron chi connectivity index (χ0n) is 10.7. The molecule has 1 atom stereocenters. The summed E-state index contributed by atoms with van der Waals surface area (Å²) in [5, 5.41) is 13.4. The third-order valence-corrected chi connectivity index (χ3v) is 2.71. The highest BCUT2D eigenvalue weighted by molar-refractivity contribution is 6.30. The number of aliphatic carboxylic acids is 1. The van der Waals surface area contributed by atoms with Crippen LogP contribution in [-0.4, -0.2) is 36.9 Å². The van der Waals surface area contributed by atoms with Crippen LogP contribution < -0.4 is 10.6 Å². The van der Waals surface area contributed by atoms with Crippen LogP contribution >= 0.6 is 11.6 Å². The molecule has 0 saturated heterocycles. The van der Waals surface area contributed by atoms with E-state index in [1.54, 1.807) is 0 Å². The first kappa shape index (κ1) is 16.2. The molecule has 1 unspecified atom stereocenters. The number of carbonyl (C=O) groups is 2. The Morgan fingerprint density at radius 2 is 2.20 bits per heavy atom. The Morgan fingerprint density at radius 3 is 2.75 bits per heavy atom. The summed E-state index contributed by atoms with van der Waals surface area (Å²) < 4.78 is 18.0. The number of amides is 2. The molecule has 0 fully saturated rings. The molecule has 0 aliphatic heterocycles. The number of carboxylic acids is 1. The number of hydrogen-bond donors (Lipinski definition) is 3. The van der Waals surface area contributed by atoms with Gasteiger partial charge in [-0.3, -0.25) is 4.79 Å². The van der Waals surface area contributed by atoms with Crippen molar-refractivity contribution in [2.45, 2.75) is 12.5 Å². The molecular weight excluding hydrogens is 291 g/mol. The lowest BCUT2D eigenvalue weighted by molar-refractivity contribution is -0.139. The van der Waals surface area contributed by atoms with E-state index in [0.717, 1.165) is 6.07 Å². The number of methoxy groups -OCH3 is 1. The van der Waals surface area contributed by atoms with E-state index in [4.69, 9.17) is 21.4 Å². The Morgan fingerprint density at radius 1 is 1.50 bits per heavy atom. The van der Waals surface area contributed by atoms with Crippen molar-refractivity contribution in [2.75, 3.05) is 19.0 Å². The summed E-state index contributed by atoms with van der Waals surface area (Å²) in [7, 11) is 1.35. The zero-order chi connectivity index (χ0) is 15.1. The zero-order valence-corrected chi connectivity index (χ0v) is 11.4. The summed E-state index contributed by atoms with van der Waals surface area (Å²) in [5.74, 6) is -1.68. The van der Waals surface area contributed by atoms with Gasteiger partial charge in [0.25, 0.3) is 0 Å². The summed E-state index contributed by atoms with van der Waals surface area (Å²) in [4.78, 5) is 22.0. The van der Waals surface area contributed by atoms with Gasteiger partial charge in [-0.1, -0.05) is 11.6 Å². The molecule has 6 nitrogen and oxygen atoms in total. The third kappa shape index (κ3) is 5.41. The molecule has 3 N–H and O–H groups in total. The summed E-state index contributed by atoms with van der Waals surface area (Å²) >= 11 is 5.51. The number of halogens is 2. The van der Waals surface area contributed by atoms with E-state index in [9.17, 15) is 14.0 Å². The topological polar surface area (TPSA) is 87.7 Å². The molecule has 0 spiro atoms. The predicted octanol–water partition coefficient (Wildman–Crippen LogP) is 2.09. The molecule has 1 aromatic carbocycles. The van der Waals surface area contributed by atoms with Crippen LogP contribution in [0, 0.1) is 5.82 Å². The van der Waals surface area contributed by atoms with Crippen molar-refractivity contribution in [3.8, 4) is 0 Å². The highest BCUT2D eigenvalue weighted by atomic mass is 35.5. The van der Waals surface area contributed by atoms with Gasteiger partial charge in [0.15, 0.2) is 0 Å². The fourth-order valence-electron chi connectivity index (χ4n) is 1.39. The Bertz CT molecular complexity index is 498. The molecule has 0 saturated carbocycles.